The van der Waals surface area contributed by atoms with E-state index in [4.69, 9.17) is 9.47 Å². The molecule has 5 nitrogen and oxygen atoms in total. The second kappa shape index (κ2) is 9.25. The van der Waals surface area contributed by atoms with Crippen LogP contribution in [0.1, 0.15) is 34.2 Å². The van der Waals surface area contributed by atoms with Crippen LogP contribution in [-0.4, -0.2) is 25.9 Å². The molecule has 0 atom stereocenters. The third kappa shape index (κ3) is 4.81. The summed E-state index contributed by atoms with van der Waals surface area (Å²) in [6.45, 7) is 1.58. The zero-order valence-corrected chi connectivity index (χ0v) is 19.1. The minimum atomic E-state index is -3.63. The Labute approximate surface area is 193 Å². The zero-order valence-electron chi connectivity index (χ0n) is 18.3. The molecule has 0 aromatic heterocycles. The van der Waals surface area contributed by atoms with Gasteiger partial charge in [0.05, 0.1) is 18.1 Å². The molecule has 172 valence electrons. The standard InChI is InChI=1S/C26H26FNO4S/c27-24-8-4-19(5-9-24)17-31-18-20-6-11-26-23(14-20)16-28(12-13-32-26)33(29,30)25-10-7-21-2-1-3-22(21)15-25/h4-11,14-15H,1-3,12-13,16-18H2. The SMILES string of the molecule is O=S(=O)(c1ccc2c(c1)CCC2)N1CCOc2ccc(COCc3ccc(F)cc3)cc2C1. The zero-order chi connectivity index (χ0) is 22.8. The van der Waals surface area contributed by atoms with Gasteiger partial charge in [-0.05, 0) is 77.9 Å². The average Bonchev–Trinajstić information content (AvgIpc) is 3.18. The van der Waals surface area contributed by atoms with Crippen LogP contribution in [0.3, 0.4) is 0 Å². The van der Waals surface area contributed by atoms with E-state index in [2.05, 4.69) is 0 Å². The van der Waals surface area contributed by atoms with Gasteiger partial charge in [0, 0.05) is 18.7 Å². The number of fused-ring (bicyclic) bond motifs is 2. The molecule has 1 aliphatic heterocycles. The van der Waals surface area contributed by atoms with E-state index in [0.717, 1.165) is 41.5 Å². The lowest BCUT2D eigenvalue weighted by molar-refractivity contribution is 0.107. The summed E-state index contributed by atoms with van der Waals surface area (Å²) in [4.78, 5) is 0.352. The third-order valence-corrected chi connectivity index (χ3v) is 8.07. The van der Waals surface area contributed by atoms with Gasteiger partial charge in [0.15, 0.2) is 0 Å². The van der Waals surface area contributed by atoms with Gasteiger partial charge in [-0.15, -0.1) is 0 Å². The van der Waals surface area contributed by atoms with E-state index < -0.39 is 10.0 Å². The monoisotopic (exact) mass is 467 g/mol. The molecule has 3 aromatic carbocycles. The first-order valence-electron chi connectivity index (χ1n) is 11.2. The topological polar surface area (TPSA) is 55.8 Å². The van der Waals surface area contributed by atoms with E-state index >= 15 is 0 Å². The largest absolute Gasteiger partial charge is 0.492 e. The molecule has 0 N–H and O–H groups in total. The van der Waals surface area contributed by atoms with Crippen LogP contribution in [0.15, 0.2) is 65.6 Å². The van der Waals surface area contributed by atoms with Gasteiger partial charge in [0.2, 0.25) is 10.0 Å². The lowest BCUT2D eigenvalue weighted by Crippen LogP contribution is -2.32. The molecule has 33 heavy (non-hydrogen) atoms. The molecule has 0 unspecified atom stereocenters. The van der Waals surface area contributed by atoms with Crippen LogP contribution in [-0.2, 0) is 47.4 Å². The first-order chi connectivity index (χ1) is 16.0. The van der Waals surface area contributed by atoms with Gasteiger partial charge in [0.25, 0.3) is 0 Å². The van der Waals surface area contributed by atoms with Crippen molar-refractivity contribution in [3.8, 4) is 5.75 Å². The fourth-order valence-corrected chi connectivity index (χ4v) is 5.90. The number of aryl methyl sites for hydroxylation is 2. The van der Waals surface area contributed by atoms with Gasteiger partial charge in [-0.25, -0.2) is 12.8 Å². The van der Waals surface area contributed by atoms with Gasteiger partial charge in [0.1, 0.15) is 18.2 Å². The molecule has 3 aromatic rings. The van der Waals surface area contributed by atoms with Gasteiger partial charge in [-0.1, -0.05) is 24.3 Å². The van der Waals surface area contributed by atoms with E-state index in [-0.39, 0.29) is 12.4 Å². The second-order valence-electron chi connectivity index (χ2n) is 8.53. The molecule has 7 heteroatoms. The summed E-state index contributed by atoms with van der Waals surface area (Å²) in [5.41, 5.74) is 5.03. The highest BCUT2D eigenvalue weighted by Gasteiger charge is 2.29. The predicted molar refractivity (Wildman–Crippen MR) is 123 cm³/mol. The molecular weight excluding hydrogens is 441 g/mol. The van der Waals surface area contributed by atoms with Crippen LogP contribution < -0.4 is 4.74 Å². The molecule has 0 fully saturated rings. The fourth-order valence-electron chi connectivity index (χ4n) is 4.44. The van der Waals surface area contributed by atoms with E-state index in [1.807, 2.05) is 30.3 Å². The van der Waals surface area contributed by atoms with Crippen molar-refractivity contribution in [3.05, 3.63) is 94.3 Å². The summed E-state index contributed by atoms with van der Waals surface area (Å²) in [7, 11) is -3.63. The Hall–Kier alpha value is -2.74. The molecular formula is C26H26FNO4S. The molecule has 0 saturated heterocycles. The van der Waals surface area contributed by atoms with Crippen molar-refractivity contribution in [1.29, 1.82) is 0 Å². The summed E-state index contributed by atoms with van der Waals surface area (Å²) >= 11 is 0. The van der Waals surface area contributed by atoms with E-state index in [1.54, 1.807) is 18.2 Å². The number of hydrogen-bond acceptors (Lipinski definition) is 4. The summed E-state index contributed by atoms with van der Waals surface area (Å²) in [5, 5.41) is 0. The number of halogens is 1. The van der Waals surface area contributed by atoms with Gasteiger partial charge < -0.3 is 9.47 Å². The maximum absolute atomic E-state index is 13.4. The molecule has 0 amide bonds. The van der Waals surface area contributed by atoms with Crippen molar-refractivity contribution >= 4 is 10.0 Å². The Morgan fingerprint density at radius 1 is 0.879 bits per heavy atom. The quantitative estimate of drug-likeness (QED) is 0.531. The number of ether oxygens (including phenoxy) is 2. The van der Waals surface area contributed by atoms with Gasteiger partial charge in [-0.3, -0.25) is 0 Å². The van der Waals surface area contributed by atoms with Crippen molar-refractivity contribution in [1.82, 2.24) is 4.31 Å². The minimum absolute atomic E-state index is 0.251. The van der Waals surface area contributed by atoms with Crippen molar-refractivity contribution in [2.45, 2.75) is 43.9 Å². The first kappa shape index (κ1) is 22.1. The summed E-state index contributed by atoms with van der Waals surface area (Å²) in [5.74, 6) is 0.424. The molecule has 5 rings (SSSR count). The van der Waals surface area contributed by atoms with Crippen molar-refractivity contribution < 1.29 is 22.3 Å². The molecule has 1 heterocycles. The van der Waals surface area contributed by atoms with Crippen LogP contribution in [0.25, 0.3) is 0 Å². The van der Waals surface area contributed by atoms with E-state index in [1.165, 1.54) is 22.0 Å². The smallest absolute Gasteiger partial charge is 0.243 e. The lowest BCUT2D eigenvalue weighted by Gasteiger charge is -2.20. The highest BCUT2D eigenvalue weighted by Crippen LogP contribution is 2.30. The Morgan fingerprint density at radius 2 is 1.64 bits per heavy atom. The van der Waals surface area contributed by atoms with Crippen LogP contribution in [0.2, 0.25) is 0 Å². The summed E-state index contributed by atoms with van der Waals surface area (Å²) < 4.78 is 53.0. The summed E-state index contributed by atoms with van der Waals surface area (Å²) in [6.07, 6.45) is 3.04. The molecule has 1 aliphatic carbocycles. The predicted octanol–water partition coefficient (Wildman–Crippen LogP) is 4.61. The Balaban J connectivity index is 1.30. The number of rotatable bonds is 6. The van der Waals surface area contributed by atoms with E-state index in [9.17, 15) is 12.8 Å². The average molecular weight is 468 g/mol. The lowest BCUT2D eigenvalue weighted by atomic mass is 10.1. The fraction of sp³-hybridized carbons (Fsp3) is 0.308. The van der Waals surface area contributed by atoms with Crippen LogP contribution in [0.5, 0.6) is 5.75 Å². The highest BCUT2D eigenvalue weighted by molar-refractivity contribution is 7.89. The number of benzene rings is 3. The van der Waals surface area contributed by atoms with Crippen molar-refractivity contribution in [2.24, 2.45) is 0 Å². The van der Waals surface area contributed by atoms with Crippen LogP contribution in [0.4, 0.5) is 4.39 Å². The Morgan fingerprint density at radius 3 is 2.48 bits per heavy atom. The van der Waals surface area contributed by atoms with Crippen LogP contribution in [0, 0.1) is 5.82 Å². The van der Waals surface area contributed by atoms with Crippen molar-refractivity contribution in [3.63, 3.8) is 0 Å². The highest BCUT2D eigenvalue weighted by atomic mass is 32.2. The molecule has 0 bridgehead atoms. The molecule has 0 saturated carbocycles. The Kier molecular flexibility index (Phi) is 6.19. The van der Waals surface area contributed by atoms with Gasteiger partial charge in [-0.2, -0.15) is 4.31 Å². The molecule has 2 aliphatic rings. The normalized spacial score (nSPS) is 16.0. The minimum Gasteiger partial charge on any atom is -0.492 e. The third-order valence-electron chi connectivity index (χ3n) is 6.23. The maximum atomic E-state index is 13.4. The second-order valence-corrected chi connectivity index (χ2v) is 10.5. The van der Waals surface area contributed by atoms with E-state index in [0.29, 0.717) is 37.0 Å². The van der Waals surface area contributed by atoms with Gasteiger partial charge >= 0.3 is 0 Å². The summed E-state index contributed by atoms with van der Waals surface area (Å²) in [6, 6.07) is 17.5. The molecule has 0 spiro atoms. The van der Waals surface area contributed by atoms with Crippen LogP contribution >= 0.6 is 0 Å². The number of hydrogen-bond donors (Lipinski definition) is 0. The number of nitrogens with zero attached hydrogens (tertiary/aromatic N) is 1. The maximum Gasteiger partial charge on any atom is 0.243 e. The van der Waals surface area contributed by atoms with Crippen molar-refractivity contribution in [2.75, 3.05) is 13.2 Å². The molecule has 0 radical (unpaired) electrons. The Bertz CT molecular complexity index is 1260. The first-order valence-corrected chi connectivity index (χ1v) is 12.6. The number of sulfonamides is 1.